The van der Waals surface area contributed by atoms with Gasteiger partial charge in [0.15, 0.2) is 5.12 Å². The minimum Gasteiger partial charge on any atom is -0.478 e. The summed E-state index contributed by atoms with van der Waals surface area (Å²) in [7, 11) is 0. The van der Waals surface area contributed by atoms with Gasteiger partial charge in [-0.15, -0.1) is 0 Å². The summed E-state index contributed by atoms with van der Waals surface area (Å²) in [6.07, 6.45) is 0.138. The van der Waals surface area contributed by atoms with Crippen molar-refractivity contribution in [3.63, 3.8) is 0 Å². The number of anilines is 1. The Kier molecular flexibility index (Phi) is 4.80. The molecule has 1 aromatic rings. The highest BCUT2D eigenvalue weighted by molar-refractivity contribution is 8.13. The minimum atomic E-state index is -1.53. The molecule has 1 fully saturated rings. The van der Waals surface area contributed by atoms with E-state index in [4.69, 9.17) is 5.11 Å². The number of halogens is 2. The number of amides is 1. The second-order valence-corrected chi connectivity index (χ2v) is 6.16. The van der Waals surface area contributed by atoms with Gasteiger partial charge in [0.2, 0.25) is 5.91 Å². The van der Waals surface area contributed by atoms with Crippen LogP contribution in [0.2, 0.25) is 0 Å². The summed E-state index contributed by atoms with van der Waals surface area (Å²) in [5, 5.41) is 8.80. The summed E-state index contributed by atoms with van der Waals surface area (Å²) < 4.78 is 27.3. The van der Waals surface area contributed by atoms with E-state index in [-0.39, 0.29) is 35.6 Å². The Balaban J connectivity index is 2.24. The van der Waals surface area contributed by atoms with Crippen LogP contribution in [0.3, 0.4) is 0 Å². The Bertz CT molecular complexity index is 650. The first kappa shape index (κ1) is 16.4. The number of thioether (sulfide) groups is 1. The molecule has 0 spiro atoms. The quantitative estimate of drug-likeness (QED) is 0.917. The molecule has 1 aliphatic heterocycles. The van der Waals surface area contributed by atoms with Crippen molar-refractivity contribution in [2.45, 2.75) is 13.3 Å². The van der Waals surface area contributed by atoms with E-state index in [1.807, 2.05) is 0 Å². The fourth-order valence-corrected chi connectivity index (χ4v) is 2.96. The molecule has 1 atom stereocenters. The molecule has 0 bridgehead atoms. The van der Waals surface area contributed by atoms with Crippen molar-refractivity contribution in [2.75, 3.05) is 17.2 Å². The van der Waals surface area contributed by atoms with Crippen molar-refractivity contribution in [1.29, 1.82) is 0 Å². The minimum absolute atomic E-state index is 0.0768. The lowest BCUT2D eigenvalue weighted by Gasteiger charge is -2.18. The lowest BCUT2D eigenvalue weighted by atomic mass is 10.1. The van der Waals surface area contributed by atoms with E-state index in [1.165, 1.54) is 6.92 Å². The van der Waals surface area contributed by atoms with Crippen LogP contribution in [0.25, 0.3) is 0 Å². The topological polar surface area (TPSA) is 74.7 Å². The third-order valence-corrected chi connectivity index (χ3v) is 4.33. The maximum Gasteiger partial charge on any atom is 0.338 e. The number of carbonyl (C=O) groups excluding carboxylic acids is 2. The molecule has 2 rings (SSSR count). The summed E-state index contributed by atoms with van der Waals surface area (Å²) in [5.74, 6) is -3.81. The van der Waals surface area contributed by atoms with E-state index >= 15 is 0 Å². The van der Waals surface area contributed by atoms with E-state index in [0.29, 0.717) is 11.8 Å². The maximum atomic E-state index is 13.9. The van der Waals surface area contributed by atoms with Crippen LogP contribution < -0.4 is 4.90 Å². The lowest BCUT2D eigenvalue weighted by Crippen LogP contribution is -2.26. The number of carboxylic acid groups (broad SMARTS) is 1. The number of carbonyl (C=O) groups is 3. The molecule has 1 saturated heterocycles. The first-order chi connectivity index (χ1) is 10.3. The van der Waals surface area contributed by atoms with Gasteiger partial charge in [0, 0.05) is 31.7 Å². The van der Waals surface area contributed by atoms with Crippen molar-refractivity contribution < 1.29 is 28.3 Å². The van der Waals surface area contributed by atoms with Gasteiger partial charge in [-0.1, -0.05) is 11.8 Å². The van der Waals surface area contributed by atoms with Crippen LogP contribution in [-0.4, -0.2) is 34.4 Å². The van der Waals surface area contributed by atoms with Crippen LogP contribution in [-0.2, 0) is 9.59 Å². The lowest BCUT2D eigenvalue weighted by molar-refractivity contribution is -0.117. The zero-order valence-electron chi connectivity index (χ0n) is 11.6. The first-order valence-corrected chi connectivity index (χ1v) is 7.44. The highest BCUT2D eigenvalue weighted by atomic mass is 32.2. The zero-order chi connectivity index (χ0) is 16.4. The van der Waals surface area contributed by atoms with Gasteiger partial charge >= 0.3 is 5.97 Å². The average Bonchev–Trinajstić information content (AvgIpc) is 2.77. The van der Waals surface area contributed by atoms with Crippen LogP contribution in [0.4, 0.5) is 14.5 Å². The molecule has 0 radical (unpaired) electrons. The highest BCUT2D eigenvalue weighted by Gasteiger charge is 2.33. The van der Waals surface area contributed by atoms with Gasteiger partial charge in [-0.05, 0) is 12.0 Å². The van der Waals surface area contributed by atoms with Gasteiger partial charge in [0.25, 0.3) is 0 Å². The Morgan fingerprint density at radius 2 is 2.05 bits per heavy atom. The van der Waals surface area contributed by atoms with Gasteiger partial charge < -0.3 is 10.0 Å². The number of hydrogen-bond acceptors (Lipinski definition) is 4. The third-order valence-electron chi connectivity index (χ3n) is 3.29. The van der Waals surface area contributed by atoms with Crippen LogP contribution in [0.5, 0.6) is 0 Å². The molecule has 22 heavy (non-hydrogen) atoms. The zero-order valence-corrected chi connectivity index (χ0v) is 12.5. The SMILES string of the molecule is CC(=O)SCC1CC(=O)N(c2cc(C(=O)O)c(F)cc2F)C1. The van der Waals surface area contributed by atoms with Gasteiger partial charge in [-0.2, -0.15) is 0 Å². The Morgan fingerprint density at radius 1 is 1.36 bits per heavy atom. The third kappa shape index (κ3) is 3.44. The summed E-state index contributed by atoms with van der Waals surface area (Å²) in [6.45, 7) is 1.58. The van der Waals surface area contributed by atoms with Crippen molar-refractivity contribution in [1.82, 2.24) is 0 Å². The summed E-state index contributed by atoms with van der Waals surface area (Å²) in [5.41, 5.74) is -0.940. The molecule has 5 nitrogen and oxygen atoms in total. The second kappa shape index (κ2) is 6.43. The molecule has 118 valence electrons. The summed E-state index contributed by atoms with van der Waals surface area (Å²) >= 11 is 1.08. The van der Waals surface area contributed by atoms with E-state index in [0.717, 1.165) is 22.7 Å². The fraction of sp³-hybridized carbons (Fsp3) is 0.357. The van der Waals surface area contributed by atoms with Gasteiger partial charge in [0.1, 0.15) is 11.6 Å². The first-order valence-electron chi connectivity index (χ1n) is 6.45. The molecule has 0 aromatic heterocycles. The monoisotopic (exact) mass is 329 g/mol. The second-order valence-electron chi connectivity index (χ2n) is 4.97. The van der Waals surface area contributed by atoms with Crippen LogP contribution in [0.15, 0.2) is 12.1 Å². The van der Waals surface area contributed by atoms with Crippen molar-refractivity contribution in [3.8, 4) is 0 Å². The largest absolute Gasteiger partial charge is 0.478 e. The van der Waals surface area contributed by atoms with Crippen molar-refractivity contribution in [2.24, 2.45) is 5.92 Å². The molecule has 8 heteroatoms. The average molecular weight is 329 g/mol. The molecule has 1 amide bonds. The number of benzene rings is 1. The van der Waals surface area contributed by atoms with Crippen LogP contribution in [0, 0.1) is 17.6 Å². The molecule has 0 saturated carbocycles. The number of rotatable bonds is 4. The Labute approximate surface area is 129 Å². The van der Waals surface area contributed by atoms with E-state index < -0.39 is 23.2 Å². The molecular formula is C14H13F2NO4S. The molecule has 1 unspecified atom stereocenters. The molecule has 1 N–H and O–H groups in total. The van der Waals surface area contributed by atoms with Gasteiger partial charge in [0.05, 0.1) is 11.3 Å². The number of carboxylic acids is 1. The number of hydrogen-bond donors (Lipinski definition) is 1. The predicted molar refractivity (Wildman–Crippen MR) is 76.9 cm³/mol. The normalized spacial score (nSPS) is 17.9. The van der Waals surface area contributed by atoms with Crippen LogP contribution >= 0.6 is 11.8 Å². The number of nitrogens with zero attached hydrogens (tertiary/aromatic N) is 1. The molecule has 1 aliphatic rings. The van der Waals surface area contributed by atoms with E-state index in [9.17, 15) is 23.2 Å². The van der Waals surface area contributed by atoms with Crippen LogP contribution in [0.1, 0.15) is 23.7 Å². The molecule has 1 heterocycles. The van der Waals surface area contributed by atoms with Gasteiger partial charge in [-0.3, -0.25) is 9.59 Å². The standard InChI is InChI=1S/C14H13F2NO4S/c1-7(18)22-6-8-2-13(19)17(5-8)12-3-9(14(20)21)10(15)4-11(12)16/h3-4,8H,2,5-6H2,1H3,(H,20,21). The Hall–Kier alpha value is -1.96. The summed E-state index contributed by atoms with van der Waals surface area (Å²) in [6, 6.07) is 1.29. The van der Waals surface area contributed by atoms with Crippen molar-refractivity contribution in [3.05, 3.63) is 29.3 Å². The van der Waals surface area contributed by atoms with Gasteiger partial charge in [-0.25, -0.2) is 13.6 Å². The Morgan fingerprint density at radius 3 is 2.64 bits per heavy atom. The van der Waals surface area contributed by atoms with E-state index in [1.54, 1.807) is 0 Å². The van der Waals surface area contributed by atoms with E-state index in [2.05, 4.69) is 0 Å². The predicted octanol–water partition coefficient (Wildman–Crippen LogP) is 2.30. The smallest absolute Gasteiger partial charge is 0.338 e. The molecular weight excluding hydrogens is 316 g/mol. The number of aromatic carboxylic acids is 1. The molecule has 0 aliphatic carbocycles. The molecule has 1 aromatic carbocycles. The maximum absolute atomic E-state index is 13.9. The fourth-order valence-electron chi connectivity index (χ4n) is 2.27. The highest BCUT2D eigenvalue weighted by Crippen LogP contribution is 2.31. The van der Waals surface area contributed by atoms with Crippen molar-refractivity contribution >= 4 is 34.4 Å². The summed E-state index contributed by atoms with van der Waals surface area (Å²) in [4.78, 5) is 34.9.